The molecule has 2 rings (SSSR count). The van der Waals surface area contributed by atoms with E-state index in [1.807, 2.05) is 31.2 Å². The molecule has 3 N–H and O–H groups in total. The fourth-order valence-electron chi connectivity index (χ4n) is 1.99. The van der Waals surface area contributed by atoms with Gasteiger partial charge < -0.3 is 15.5 Å². The molecule has 1 amide bonds. The Bertz CT molecular complexity index is 623. The van der Waals surface area contributed by atoms with Gasteiger partial charge in [0, 0.05) is 6.54 Å². The van der Waals surface area contributed by atoms with Crippen molar-refractivity contribution in [3.05, 3.63) is 64.7 Å². The summed E-state index contributed by atoms with van der Waals surface area (Å²) in [5.74, 6) is -0.367. The molecular formula is C16H17NO3. The zero-order valence-corrected chi connectivity index (χ0v) is 11.3. The van der Waals surface area contributed by atoms with Crippen LogP contribution in [0.2, 0.25) is 0 Å². The van der Waals surface area contributed by atoms with Gasteiger partial charge in [0.15, 0.2) is 0 Å². The second-order valence-corrected chi connectivity index (χ2v) is 4.63. The van der Waals surface area contributed by atoms with Gasteiger partial charge in [0.05, 0.1) is 12.2 Å². The second-order valence-electron chi connectivity index (χ2n) is 4.63. The highest BCUT2D eigenvalue weighted by atomic mass is 16.3. The summed E-state index contributed by atoms with van der Waals surface area (Å²) in [6, 6.07) is 12.3. The van der Waals surface area contributed by atoms with Crippen molar-refractivity contribution in [1.29, 1.82) is 0 Å². The molecule has 0 saturated heterocycles. The lowest BCUT2D eigenvalue weighted by atomic mass is 10.1. The van der Waals surface area contributed by atoms with Gasteiger partial charge in [0.2, 0.25) is 0 Å². The van der Waals surface area contributed by atoms with Gasteiger partial charge in [0.1, 0.15) is 5.75 Å². The van der Waals surface area contributed by atoms with Crippen LogP contribution in [0.15, 0.2) is 42.5 Å². The summed E-state index contributed by atoms with van der Waals surface area (Å²) in [5.41, 5.74) is 2.78. The molecule has 4 nitrogen and oxygen atoms in total. The van der Waals surface area contributed by atoms with Gasteiger partial charge in [-0.15, -0.1) is 0 Å². The summed E-state index contributed by atoms with van der Waals surface area (Å²) in [7, 11) is 0. The quantitative estimate of drug-likeness (QED) is 0.797. The van der Waals surface area contributed by atoms with Crippen LogP contribution in [0.4, 0.5) is 0 Å². The second kappa shape index (κ2) is 6.21. The molecule has 0 heterocycles. The normalized spacial score (nSPS) is 10.3. The van der Waals surface area contributed by atoms with E-state index < -0.39 is 0 Å². The number of phenolic OH excluding ortho intramolecular Hbond substituents is 1. The van der Waals surface area contributed by atoms with E-state index in [-0.39, 0.29) is 23.8 Å². The summed E-state index contributed by atoms with van der Waals surface area (Å²) < 4.78 is 0. The van der Waals surface area contributed by atoms with Crippen LogP contribution in [0.25, 0.3) is 0 Å². The number of rotatable bonds is 4. The molecular weight excluding hydrogens is 254 g/mol. The van der Waals surface area contributed by atoms with Crippen molar-refractivity contribution in [3.63, 3.8) is 0 Å². The molecule has 0 aliphatic rings. The third-order valence-electron chi connectivity index (χ3n) is 3.13. The summed E-state index contributed by atoms with van der Waals surface area (Å²) in [6.07, 6.45) is 0. The number of aliphatic hydroxyl groups excluding tert-OH is 1. The van der Waals surface area contributed by atoms with Gasteiger partial charge >= 0.3 is 0 Å². The van der Waals surface area contributed by atoms with Crippen LogP contribution in [0.3, 0.4) is 0 Å². The van der Waals surface area contributed by atoms with Gasteiger partial charge in [-0.25, -0.2) is 0 Å². The minimum atomic E-state index is -0.338. The van der Waals surface area contributed by atoms with E-state index in [9.17, 15) is 15.0 Å². The van der Waals surface area contributed by atoms with Crippen LogP contribution in [0, 0.1) is 6.92 Å². The predicted molar refractivity (Wildman–Crippen MR) is 76.4 cm³/mol. The minimum Gasteiger partial charge on any atom is -0.507 e. The predicted octanol–water partition coefficient (Wildman–Crippen LogP) is 2.12. The Morgan fingerprint density at radius 3 is 2.50 bits per heavy atom. The molecule has 20 heavy (non-hydrogen) atoms. The molecule has 2 aromatic carbocycles. The number of aromatic hydroxyl groups is 1. The monoisotopic (exact) mass is 271 g/mol. The molecule has 2 aromatic rings. The minimum absolute atomic E-state index is 0.0297. The molecule has 0 fully saturated rings. The maximum atomic E-state index is 12.0. The zero-order valence-electron chi connectivity index (χ0n) is 11.3. The van der Waals surface area contributed by atoms with E-state index in [1.54, 1.807) is 18.2 Å². The third-order valence-corrected chi connectivity index (χ3v) is 3.13. The maximum absolute atomic E-state index is 12.0. The van der Waals surface area contributed by atoms with Gasteiger partial charge in [-0.05, 0) is 35.7 Å². The van der Waals surface area contributed by atoms with Gasteiger partial charge in [-0.3, -0.25) is 4.79 Å². The molecule has 4 heteroatoms. The van der Waals surface area contributed by atoms with Crippen molar-refractivity contribution < 1.29 is 15.0 Å². The van der Waals surface area contributed by atoms with Crippen molar-refractivity contribution in [1.82, 2.24) is 5.32 Å². The first-order valence-electron chi connectivity index (χ1n) is 6.37. The van der Waals surface area contributed by atoms with Crippen molar-refractivity contribution in [2.45, 2.75) is 20.1 Å². The number of nitrogens with one attached hydrogen (secondary N) is 1. The Hall–Kier alpha value is -2.33. The van der Waals surface area contributed by atoms with E-state index in [2.05, 4.69) is 5.32 Å². The average molecular weight is 271 g/mol. The van der Waals surface area contributed by atoms with E-state index >= 15 is 0 Å². The van der Waals surface area contributed by atoms with E-state index in [0.717, 1.165) is 16.7 Å². The number of phenols is 1. The summed E-state index contributed by atoms with van der Waals surface area (Å²) in [5, 5.41) is 21.7. The molecule has 0 aromatic heterocycles. The van der Waals surface area contributed by atoms with Crippen LogP contribution in [0.1, 0.15) is 27.0 Å². The number of aryl methyl sites for hydroxylation is 1. The number of carbonyl (C=O) groups excluding carboxylic acids is 1. The molecule has 0 saturated carbocycles. The first-order chi connectivity index (χ1) is 9.61. The highest BCUT2D eigenvalue weighted by Gasteiger charge is 2.11. The van der Waals surface area contributed by atoms with Gasteiger partial charge in [-0.1, -0.05) is 30.3 Å². The topological polar surface area (TPSA) is 69.6 Å². The van der Waals surface area contributed by atoms with E-state index in [1.165, 1.54) is 0 Å². The maximum Gasteiger partial charge on any atom is 0.255 e. The molecule has 0 bridgehead atoms. The largest absolute Gasteiger partial charge is 0.507 e. The number of benzene rings is 2. The van der Waals surface area contributed by atoms with Crippen molar-refractivity contribution in [2.75, 3.05) is 0 Å². The number of carbonyl (C=O) groups is 1. The Labute approximate surface area is 117 Å². The molecule has 0 atom stereocenters. The van der Waals surface area contributed by atoms with Crippen molar-refractivity contribution >= 4 is 5.91 Å². The molecule has 0 unspecified atom stereocenters. The lowest BCUT2D eigenvalue weighted by Crippen LogP contribution is -2.23. The van der Waals surface area contributed by atoms with Crippen LogP contribution in [0.5, 0.6) is 5.75 Å². The zero-order chi connectivity index (χ0) is 14.5. The van der Waals surface area contributed by atoms with Crippen LogP contribution in [-0.4, -0.2) is 16.1 Å². The lowest BCUT2D eigenvalue weighted by molar-refractivity contribution is 0.0948. The SMILES string of the molecule is Cc1ccc(C(=O)NCc2ccccc2CO)c(O)c1. The Kier molecular flexibility index (Phi) is 4.38. The summed E-state index contributed by atoms with van der Waals surface area (Å²) >= 11 is 0. The number of aliphatic hydroxyl groups is 1. The van der Waals surface area contributed by atoms with E-state index in [4.69, 9.17) is 0 Å². The molecule has 0 aliphatic carbocycles. The number of amides is 1. The van der Waals surface area contributed by atoms with Crippen LogP contribution in [-0.2, 0) is 13.2 Å². The third kappa shape index (κ3) is 3.16. The average Bonchev–Trinajstić information content (AvgIpc) is 2.45. The Balaban J connectivity index is 2.09. The Morgan fingerprint density at radius 2 is 1.85 bits per heavy atom. The van der Waals surface area contributed by atoms with Crippen molar-refractivity contribution in [2.24, 2.45) is 0 Å². The fraction of sp³-hybridized carbons (Fsp3) is 0.188. The first kappa shape index (κ1) is 14.1. The Morgan fingerprint density at radius 1 is 1.15 bits per heavy atom. The lowest BCUT2D eigenvalue weighted by Gasteiger charge is -2.10. The summed E-state index contributed by atoms with van der Waals surface area (Å²) in [6.45, 7) is 2.09. The standard InChI is InChI=1S/C16H17NO3/c1-11-6-7-14(15(19)8-11)16(20)17-9-12-4-2-3-5-13(12)10-18/h2-8,18-19H,9-10H2,1H3,(H,17,20). The van der Waals surface area contributed by atoms with E-state index in [0.29, 0.717) is 6.54 Å². The van der Waals surface area contributed by atoms with Crippen molar-refractivity contribution in [3.8, 4) is 5.75 Å². The van der Waals surface area contributed by atoms with Gasteiger partial charge in [0.25, 0.3) is 5.91 Å². The fourth-order valence-corrected chi connectivity index (χ4v) is 1.99. The van der Waals surface area contributed by atoms with Crippen LogP contribution >= 0.6 is 0 Å². The highest BCUT2D eigenvalue weighted by Crippen LogP contribution is 2.18. The molecule has 0 radical (unpaired) electrons. The molecule has 0 aliphatic heterocycles. The number of hydrogen-bond donors (Lipinski definition) is 3. The molecule has 0 spiro atoms. The number of hydrogen-bond acceptors (Lipinski definition) is 3. The van der Waals surface area contributed by atoms with Gasteiger partial charge in [-0.2, -0.15) is 0 Å². The highest BCUT2D eigenvalue weighted by molar-refractivity contribution is 5.96. The summed E-state index contributed by atoms with van der Waals surface area (Å²) in [4.78, 5) is 12.0. The first-order valence-corrected chi connectivity index (χ1v) is 6.37. The van der Waals surface area contributed by atoms with Crippen LogP contribution < -0.4 is 5.32 Å². The smallest absolute Gasteiger partial charge is 0.255 e. The molecule has 104 valence electrons.